The molecule has 1 radical (unpaired) electrons. The quantitative estimate of drug-likeness (QED) is 0.446. The normalized spacial score (nSPS) is 34.0. The van der Waals surface area contributed by atoms with Crippen LogP contribution in [0.3, 0.4) is 0 Å². The van der Waals surface area contributed by atoms with Gasteiger partial charge in [0.25, 0.3) is 0 Å². The molecule has 2 bridgehead atoms. The van der Waals surface area contributed by atoms with Crippen molar-refractivity contribution in [3.63, 3.8) is 0 Å². The van der Waals surface area contributed by atoms with E-state index in [4.69, 9.17) is 0 Å². The third-order valence-electron chi connectivity index (χ3n) is 4.84. The Labute approximate surface area is 143 Å². The van der Waals surface area contributed by atoms with E-state index in [9.17, 15) is 9.59 Å². The molecule has 1 aromatic carbocycles. The van der Waals surface area contributed by atoms with Crippen molar-refractivity contribution in [2.75, 3.05) is 4.90 Å². The fourth-order valence-corrected chi connectivity index (χ4v) is 4.06. The predicted molar refractivity (Wildman–Crippen MR) is 70.1 cm³/mol. The molecule has 4 unspecified atom stereocenters. The van der Waals surface area contributed by atoms with Crippen LogP contribution in [0.25, 0.3) is 0 Å². The van der Waals surface area contributed by atoms with E-state index in [1.54, 1.807) is 24.3 Å². The number of carbonyl (C=O) groups excluding carboxylic acids is 2. The van der Waals surface area contributed by atoms with Gasteiger partial charge in [-0.15, -0.1) is 12.1 Å². The monoisotopic (exact) mass is 341 g/mol. The summed E-state index contributed by atoms with van der Waals surface area (Å²) in [5, 5.41) is 0. The summed E-state index contributed by atoms with van der Waals surface area (Å²) < 4.78 is 0. The van der Waals surface area contributed by atoms with E-state index in [0.717, 1.165) is 6.42 Å². The number of fused-ring (bicyclic) bond motifs is 5. The summed E-state index contributed by atoms with van der Waals surface area (Å²) in [6.07, 6.45) is 3.17. The first kappa shape index (κ1) is 14.2. The number of carbonyl (C=O) groups is 2. The fourth-order valence-electron chi connectivity index (χ4n) is 4.06. The van der Waals surface area contributed by atoms with Crippen LogP contribution in [0.15, 0.2) is 35.9 Å². The first-order valence-electron chi connectivity index (χ1n) is 6.70. The molecule has 0 aromatic heterocycles. The van der Waals surface area contributed by atoms with Crippen molar-refractivity contribution in [2.45, 2.75) is 13.3 Å². The van der Waals surface area contributed by atoms with Gasteiger partial charge in [0.15, 0.2) is 0 Å². The van der Waals surface area contributed by atoms with Crippen LogP contribution in [0.5, 0.6) is 0 Å². The second kappa shape index (κ2) is 4.89. The first-order valence-corrected chi connectivity index (χ1v) is 6.70. The van der Waals surface area contributed by atoms with Gasteiger partial charge < -0.3 is 0 Å². The van der Waals surface area contributed by atoms with Gasteiger partial charge in [0.2, 0.25) is 11.8 Å². The number of nitrogens with zero attached hydrogens (tertiary/aromatic N) is 1. The number of amides is 2. The molecule has 2 aliphatic carbocycles. The Morgan fingerprint density at radius 1 is 1.15 bits per heavy atom. The van der Waals surface area contributed by atoms with Crippen LogP contribution in [-0.2, 0) is 42.3 Å². The maximum Gasteiger partial charge on any atom is 0.236 e. The Kier molecular flexibility index (Phi) is 3.46. The van der Waals surface area contributed by atoms with Gasteiger partial charge >= 0.3 is 0 Å². The number of allylic oxidation sites excluding steroid dienone is 2. The summed E-state index contributed by atoms with van der Waals surface area (Å²) in [6, 6.07) is 9.94. The summed E-state index contributed by atoms with van der Waals surface area (Å²) in [7, 11) is 0. The van der Waals surface area contributed by atoms with Crippen LogP contribution in [0.4, 0.5) is 5.69 Å². The van der Waals surface area contributed by atoms with E-state index in [0.29, 0.717) is 5.69 Å². The number of rotatable bonds is 1. The van der Waals surface area contributed by atoms with Gasteiger partial charge in [-0.25, -0.2) is 0 Å². The molecule has 1 aliphatic heterocycles. The topological polar surface area (TPSA) is 37.4 Å². The minimum absolute atomic E-state index is 0. The zero-order valence-corrected chi connectivity index (χ0v) is 14.1. The molecule has 4 rings (SSSR count). The summed E-state index contributed by atoms with van der Waals surface area (Å²) in [4.78, 5) is 26.5. The number of hydrogen-bond acceptors (Lipinski definition) is 2. The molecule has 2 amide bonds. The Hall–Kier alpha value is -0.796. The van der Waals surface area contributed by atoms with Crippen LogP contribution >= 0.6 is 0 Å². The van der Waals surface area contributed by atoms with Crippen LogP contribution in [0, 0.1) is 29.7 Å². The molecule has 4 heteroatoms. The van der Waals surface area contributed by atoms with Gasteiger partial charge in [0, 0.05) is 32.7 Å². The standard InChI is InChI=1S/C16H14NO2.Y/c1-9-7-10-8-12(9)14-13(10)15(18)17(16(14)19)11-5-3-2-4-6-11;/h3-7,10,12-14H,8H2,1H3;/q-1;. The van der Waals surface area contributed by atoms with Gasteiger partial charge in [-0.1, -0.05) is 17.3 Å². The molecule has 1 aromatic rings. The molecule has 1 heterocycles. The Morgan fingerprint density at radius 2 is 1.80 bits per heavy atom. The molecule has 1 saturated heterocycles. The maximum absolute atomic E-state index is 12.6. The number of imide groups is 1. The Balaban J connectivity index is 0.00000121. The minimum Gasteiger partial charge on any atom is -0.274 e. The van der Waals surface area contributed by atoms with Gasteiger partial charge in [0.05, 0.1) is 11.8 Å². The second-order valence-corrected chi connectivity index (χ2v) is 5.74. The van der Waals surface area contributed by atoms with Gasteiger partial charge in [-0.3, -0.25) is 14.5 Å². The molecule has 99 valence electrons. The van der Waals surface area contributed by atoms with E-state index in [1.165, 1.54) is 10.5 Å². The minimum atomic E-state index is -0.120. The van der Waals surface area contributed by atoms with Gasteiger partial charge in [0.1, 0.15) is 0 Å². The zero-order chi connectivity index (χ0) is 13.1. The molecule has 20 heavy (non-hydrogen) atoms. The van der Waals surface area contributed by atoms with Crippen molar-refractivity contribution in [1.82, 2.24) is 0 Å². The summed E-state index contributed by atoms with van der Waals surface area (Å²) >= 11 is 0. The molecule has 0 spiro atoms. The number of anilines is 1. The fraction of sp³-hybridized carbons (Fsp3) is 0.375. The summed E-state index contributed by atoms with van der Waals surface area (Å²) in [5.41, 5.74) is 1.97. The van der Waals surface area contributed by atoms with E-state index in [2.05, 4.69) is 19.1 Å². The van der Waals surface area contributed by atoms with Crippen molar-refractivity contribution in [3.05, 3.63) is 42.0 Å². The molecule has 3 aliphatic rings. The second-order valence-electron chi connectivity index (χ2n) is 5.74. The average Bonchev–Trinajstić information content (AvgIpc) is 3.02. The molecular weight excluding hydrogens is 327 g/mol. The number of hydrogen-bond donors (Lipinski definition) is 0. The van der Waals surface area contributed by atoms with Crippen molar-refractivity contribution < 1.29 is 42.3 Å². The van der Waals surface area contributed by atoms with Crippen molar-refractivity contribution >= 4 is 17.5 Å². The van der Waals surface area contributed by atoms with Crippen LogP contribution in [0.1, 0.15) is 13.3 Å². The predicted octanol–water partition coefficient (Wildman–Crippen LogP) is 2.19. The van der Waals surface area contributed by atoms with Gasteiger partial charge in [-0.2, -0.15) is 18.2 Å². The smallest absolute Gasteiger partial charge is 0.236 e. The molecule has 4 atom stereocenters. The van der Waals surface area contributed by atoms with Crippen molar-refractivity contribution in [2.24, 2.45) is 23.7 Å². The SMILES string of the molecule is CC1=CC2CC1C1C(=O)N(c3cc[c-]cc3)C(=O)C21.[Y]. The van der Waals surface area contributed by atoms with Crippen LogP contribution in [0.2, 0.25) is 0 Å². The first-order chi connectivity index (χ1) is 9.18. The Bertz CT molecular complexity index is 610. The molecular formula is C16H14NO2Y-. The largest absolute Gasteiger partial charge is 0.274 e. The maximum atomic E-state index is 12.6. The van der Waals surface area contributed by atoms with Crippen molar-refractivity contribution in [1.29, 1.82) is 0 Å². The van der Waals surface area contributed by atoms with Crippen LogP contribution < -0.4 is 4.90 Å². The number of benzene rings is 1. The van der Waals surface area contributed by atoms with E-state index < -0.39 is 0 Å². The van der Waals surface area contributed by atoms with E-state index in [1.807, 2.05) is 0 Å². The third-order valence-corrected chi connectivity index (χ3v) is 4.84. The third kappa shape index (κ3) is 1.72. The summed E-state index contributed by atoms with van der Waals surface area (Å²) in [5.74, 6) is 0.286. The molecule has 1 saturated carbocycles. The van der Waals surface area contributed by atoms with Crippen molar-refractivity contribution in [3.8, 4) is 0 Å². The van der Waals surface area contributed by atoms with Gasteiger partial charge in [-0.05, 0) is 25.2 Å². The van der Waals surface area contributed by atoms with E-state index in [-0.39, 0.29) is 68.2 Å². The molecule has 3 nitrogen and oxygen atoms in total. The Morgan fingerprint density at radius 3 is 2.50 bits per heavy atom. The molecule has 0 N–H and O–H groups in total. The van der Waals surface area contributed by atoms with E-state index >= 15 is 0 Å². The van der Waals surface area contributed by atoms with Crippen LogP contribution in [-0.4, -0.2) is 11.8 Å². The summed E-state index contributed by atoms with van der Waals surface area (Å²) in [6.45, 7) is 2.08. The zero-order valence-electron chi connectivity index (χ0n) is 11.2. The molecule has 2 fully saturated rings. The average molecular weight is 341 g/mol.